The van der Waals surface area contributed by atoms with E-state index in [1.165, 1.54) is 0 Å². The Hall–Kier alpha value is -4.00. The van der Waals surface area contributed by atoms with Crippen LogP contribution in [0.15, 0.2) is 65.9 Å². The monoisotopic (exact) mass is 455 g/mol. The third-order valence-electron chi connectivity index (χ3n) is 5.56. The summed E-state index contributed by atoms with van der Waals surface area (Å²) < 4.78 is 7.60. The fourth-order valence-corrected chi connectivity index (χ4v) is 3.61. The van der Waals surface area contributed by atoms with Gasteiger partial charge < -0.3 is 4.74 Å². The molecule has 34 heavy (non-hydrogen) atoms. The number of carbonyl (C=O) groups is 1. The van der Waals surface area contributed by atoms with Crippen LogP contribution in [0.25, 0.3) is 22.2 Å². The van der Waals surface area contributed by atoms with Crippen LogP contribution in [0, 0.1) is 6.92 Å². The zero-order valence-corrected chi connectivity index (χ0v) is 19.8. The van der Waals surface area contributed by atoms with Crippen LogP contribution in [0.2, 0.25) is 0 Å². The number of para-hydroxylation sites is 1. The summed E-state index contributed by atoms with van der Waals surface area (Å²) in [5.41, 5.74) is 7.27. The molecule has 0 radical (unpaired) electrons. The predicted octanol–water partition coefficient (Wildman–Crippen LogP) is 5.37. The SMILES string of the molecule is CCCCOc1ccc(-c2cc(C(=O)N/N=C\c3cn(CC)nc3C)c3ccccc3n2)cc1. The number of benzene rings is 2. The van der Waals surface area contributed by atoms with E-state index in [2.05, 4.69) is 22.5 Å². The number of unbranched alkanes of at least 4 members (excludes halogenated alkanes) is 1. The summed E-state index contributed by atoms with van der Waals surface area (Å²) in [6, 6.07) is 17.2. The zero-order valence-electron chi connectivity index (χ0n) is 19.8. The molecule has 4 rings (SSSR count). The van der Waals surface area contributed by atoms with Gasteiger partial charge in [0.25, 0.3) is 5.91 Å². The number of carbonyl (C=O) groups excluding carboxylic acids is 1. The average molecular weight is 456 g/mol. The first-order valence-electron chi connectivity index (χ1n) is 11.6. The first-order valence-corrected chi connectivity index (χ1v) is 11.6. The number of rotatable bonds is 9. The highest BCUT2D eigenvalue weighted by atomic mass is 16.5. The Morgan fingerprint density at radius 1 is 1.15 bits per heavy atom. The van der Waals surface area contributed by atoms with Gasteiger partial charge in [-0.25, -0.2) is 10.4 Å². The molecule has 174 valence electrons. The van der Waals surface area contributed by atoms with Crippen molar-refractivity contribution >= 4 is 23.0 Å². The smallest absolute Gasteiger partial charge is 0.272 e. The number of hydrogen-bond donors (Lipinski definition) is 1. The van der Waals surface area contributed by atoms with Crippen LogP contribution in [0.5, 0.6) is 5.75 Å². The lowest BCUT2D eigenvalue weighted by Crippen LogP contribution is -2.18. The highest BCUT2D eigenvalue weighted by Crippen LogP contribution is 2.26. The van der Waals surface area contributed by atoms with E-state index in [0.29, 0.717) is 17.9 Å². The van der Waals surface area contributed by atoms with Crippen molar-refractivity contribution in [2.24, 2.45) is 5.10 Å². The lowest BCUT2D eigenvalue weighted by Gasteiger charge is -2.10. The first-order chi connectivity index (χ1) is 16.6. The van der Waals surface area contributed by atoms with Crippen molar-refractivity contribution in [1.29, 1.82) is 0 Å². The molecule has 2 heterocycles. The Labute approximate surface area is 199 Å². The Morgan fingerprint density at radius 2 is 1.94 bits per heavy atom. The summed E-state index contributed by atoms with van der Waals surface area (Å²) >= 11 is 0. The third-order valence-corrected chi connectivity index (χ3v) is 5.56. The lowest BCUT2D eigenvalue weighted by atomic mass is 10.0. The fraction of sp³-hybridized carbons (Fsp3) is 0.259. The first kappa shape index (κ1) is 23.2. The van der Waals surface area contributed by atoms with E-state index in [4.69, 9.17) is 9.72 Å². The largest absolute Gasteiger partial charge is 0.494 e. The van der Waals surface area contributed by atoms with Gasteiger partial charge in [-0.2, -0.15) is 10.2 Å². The van der Waals surface area contributed by atoms with Crippen LogP contribution in [0.3, 0.4) is 0 Å². The minimum Gasteiger partial charge on any atom is -0.494 e. The number of amides is 1. The van der Waals surface area contributed by atoms with Gasteiger partial charge in [0.05, 0.1) is 35.3 Å². The molecule has 1 N–H and O–H groups in total. The van der Waals surface area contributed by atoms with Gasteiger partial charge in [0.2, 0.25) is 0 Å². The maximum Gasteiger partial charge on any atom is 0.272 e. The van der Waals surface area contributed by atoms with Gasteiger partial charge in [-0.3, -0.25) is 9.48 Å². The molecular weight excluding hydrogens is 426 g/mol. The number of aromatic nitrogens is 3. The number of nitrogens with zero attached hydrogens (tertiary/aromatic N) is 4. The van der Waals surface area contributed by atoms with E-state index in [1.807, 2.05) is 73.3 Å². The maximum atomic E-state index is 13.1. The number of ether oxygens (including phenoxy) is 1. The van der Waals surface area contributed by atoms with Crippen molar-refractivity contribution in [2.75, 3.05) is 6.61 Å². The van der Waals surface area contributed by atoms with Crippen molar-refractivity contribution < 1.29 is 9.53 Å². The summed E-state index contributed by atoms with van der Waals surface area (Å²) in [5, 5.41) is 9.33. The number of hydrazone groups is 1. The van der Waals surface area contributed by atoms with E-state index in [1.54, 1.807) is 12.3 Å². The molecule has 4 aromatic rings. The summed E-state index contributed by atoms with van der Waals surface area (Å²) in [5.74, 6) is 0.531. The van der Waals surface area contributed by atoms with Gasteiger partial charge in [-0.1, -0.05) is 31.5 Å². The van der Waals surface area contributed by atoms with Crippen molar-refractivity contribution in [3.05, 3.63) is 77.6 Å². The molecule has 0 fully saturated rings. The second-order valence-corrected chi connectivity index (χ2v) is 8.02. The topological polar surface area (TPSA) is 81.4 Å². The third kappa shape index (κ3) is 5.31. The molecule has 0 aliphatic heterocycles. The highest BCUT2D eigenvalue weighted by molar-refractivity contribution is 6.07. The van der Waals surface area contributed by atoms with Crippen molar-refractivity contribution in [2.45, 2.75) is 40.2 Å². The van der Waals surface area contributed by atoms with Crippen LogP contribution in [0.1, 0.15) is 48.3 Å². The summed E-state index contributed by atoms with van der Waals surface area (Å²) in [6.45, 7) is 7.55. The number of hydrogen-bond acceptors (Lipinski definition) is 5. The minimum atomic E-state index is -0.295. The van der Waals surface area contributed by atoms with Gasteiger partial charge in [0.15, 0.2) is 0 Å². The van der Waals surface area contributed by atoms with Crippen LogP contribution in [-0.4, -0.2) is 33.5 Å². The van der Waals surface area contributed by atoms with Crippen molar-refractivity contribution in [3.8, 4) is 17.0 Å². The highest BCUT2D eigenvalue weighted by Gasteiger charge is 2.14. The minimum absolute atomic E-state index is 0.295. The lowest BCUT2D eigenvalue weighted by molar-refractivity contribution is 0.0956. The second kappa shape index (κ2) is 10.7. The molecule has 7 nitrogen and oxygen atoms in total. The summed E-state index contributed by atoms with van der Waals surface area (Å²) in [6.07, 6.45) is 5.64. The molecule has 7 heteroatoms. The molecule has 2 aromatic carbocycles. The number of aryl methyl sites for hydroxylation is 2. The molecular formula is C27H29N5O2. The number of fused-ring (bicyclic) bond motifs is 1. The van der Waals surface area contributed by atoms with Gasteiger partial charge in [-0.05, 0) is 56.7 Å². The molecule has 0 saturated heterocycles. The van der Waals surface area contributed by atoms with Gasteiger partial charge in [0, 0.05) is 29.3 Å². The quantitative estimate of drug-likeness (QED) is 0.209. The average Bonchev–Trinajstić information content (AvgIpc) is 3.23. The molecule has 0 aliphatic carbocycles. The molecule has 0 atom stereocenters. The predicted molar refractivity (Wildman–Crippen MR) is 135 cm³/mol. The standard InChI is InChI=1S/C27H29N5O2/c1-4-6-15-34-22-13-11-20(12-14-22)26-16-24(23-9-7-8-10-25(23)29-26)27(33)30-28-17-21-18-32(5-2)31-19(21)3/h7-14,16-18H,4-6,15H2,1-3H3,(H,30,33)/b28-17-. The van der Waals surface area contributed by atoms with E-state index in [-0.39, 0.29) is 5.91 Å². The number of nitrogens with one attached hydrogen (secondary N) is 1. The van der Waals surface area contributed by atoms with Crippen LogP contribution < -0.4 is 10.2 Å². The normalized spacial score (nSPS) is 11.3. The van der Waals surface area contributed by atoms with E-state index >= 15 is 0 Å². The van der Waals surface area contributed by atoms with E-state index < -0.39 is 0 Å². The van der Waals surface area contributed by atoms with Gasteiger partial charge >= 0.3 is 0 Å². The molecule has 0 aliphatic rings. The second-order valence-electron chi connectivity index (χ2n) is 8.02. The molecule has 1 amide bonds. The molecule has 2 aromatic heterocycles. The fourth-order valence-electron chi connectivity index (χ4n) is 3.61. The Bertz CT molecular complexity index is 1310. The Kier molecular flexibility index (Phi) is 7.32. The summed E-state index contributed by atoms with van der Waals surface area (Å²) in [7, 11) is 0. The van der Waals surface area contributed by atoms with Crippen LogP contribution >= 0.6 is 0 Å². The molecule has 0 saturated carbocycles. The number of pyridine rings is 1. The Balaban J connectivity index is 1.59. The zero-order chi connectivity index (χ0) is 23.9. The molecule has 0 spiro atoms. The Morgan fingerprint density at radius 3 is 2.68 bits per heavy atom. The van der Waals surface area contributed by atoms with Crippen LogP contribution in [-0.2, 0) is 6.54 Å². The summed E-state index contributed by atoms with van der Waals surface area (Å²) in [4.78, 5) is 17.9. The van der Waals surface area contributed by atoms with Crippen molar-refractivity contribution in [3.63, 3.8) is 0 Å². The molecule has 0 unspecified atom stereocenters. The molecule has 0 bridgehead atoms. The van der Waals surface area contributed by atoms with Crippen molar-refractivity contribution in [1.82, 2.24) is 20.2 Å². The maximum absolute atomic E-state index is 13.1. The van der Waals surface area contributed by atoms with Gasteiger partial charge in [-0.15, -0.1) is 0 Å². The van der Waals surface area contributed by atoms with E-state index in [0.717, 1.165) is 52.9 Å². The van der Waals surface area contributed by atoms with E-state index in [9.17, 15) is 4.79 Å². The van der Waals surface area contributed by atoms with Gasteiger partial charge in [0.1, 0.15) is 5.75 Å². The van der Waals surface area contributed by atoms with Crippen LogP contribution in [0.4, 0.5) is 0 Å².